The van der Waals surface area contributed by atoms with Gasteiger partial charge in [-0.3, -0.25) is 0 Å². The summed E-state index contributed by atoms with van der Waals surface area (Å²) in [7, 11) is 0. The van der Waals surface area contributed by atoms with Gasteiger partial charge in [-0.25, -0.2) is 15.0 Å². The van der Waals surface area contributed by atoms with Gasteiger partial charge in [0.15, 0.2) is 5.82 Å². The van der Waals surface area contributed by atoms with Crippen LogP contribution in [0.25, 0.3) is 112 Å². The third-order valence-electron chi connectivity index (χ3n) is 12.1. The molecule has 11 aromatic rings. The standard InChI is InChI=1S/C63H43N3/c1-5-15-49(16-6-1)59-41-58(42-60(64-59)50-17-7-2-8-18-50)48-33-31-46(32-34-48)56-25-13-23-54(39-56)44-27-29-45(30-28-44)55-24-14-26-57(40-55)47-35-37-52(38-36-47)62-43-61(51-19-9-3-10-20-51)65-63(66-62)53-21-11-4-12-22-53/h1-43H. The summed E-state index contributed by atoms with van der Waals surface area (Å²) in [4.78, 5) is 15.1. The van der Waals surface area contributed by atoms with Gasteiger partial charge in [-0.1, -0.05) is 231 Å². The Morgan fingerprint density at radius 2 is 0.409 bits per heavy atom. The molecule has 3 heteroatoms. The lowest BCUT2D eigenvalue weighted by molar-refractivity contribution is 1.18. The van der Waals surface area contributed by atoms with Gasteiger partial charge in [-0.05, 0) is 86.0 Å². The van der Waals surface area contributed by atoms with Crippen LogP contribution < -0.4 is 0 Å². The lowest BCUT2D eigenvalue weighted by Crippen LogP contribution is -1.95. The minimum absolute atomic E-state index is 0.714. The van der Waals surface area contributed by atoms with Crippen molar-refractivity contribution in [2.45, 2.75) is 0 Å². The molecule has 0 aliphatic carbocycles. The molecule has 0 fully saturated rings. The minimum Gasteiger partial charge on any atom is -0.248 e. The Labute approximate surface area is 386 Å². The SMILES string of the molecule is c1ccc(-c2cc(-c3ccc(-c4cccc(-c5ccc(-c6cccc(-c7ccc(-c8cc(-c9ccccc9)nc(-c9ccccc9)n8)cc7)c6)cc5)c4)cc3)cc(-c3ccccc3)n2)cc1. The Hall–Kier alpha value is -8.79. The molecule has 9 aromatic carbocycles. The second-order valence-electron chi connectivity index (χ2n) is 16.4. The Morgan fingerprint density at radius 3 is 0.758 bits per heavy atom. The molecule has 2 heterocycles. The fourth-order valence-corrected chi connectivity index (χ4v) is 8.58. The molecule has 0 bridgehead atoms. The third-order valence-corrected chi connectivity index (χ3v) is 12.1. The molecule has 0 saturated heterocycles. The van der Waals surface area contributed by atoms with Gasteiger partial charge in [0.1, 0.15) is 0 Å². The first kappa shape index (κ1) is 40.0. The number of aromatic nitrogens is 3. The van der Waals surface area contributed by atoms with E-state index in [-0.39, 0.29) is 0 Å². The van der Waals surface area contributed by atoms with E-state index in [1.807, 2.05) is 48.5 Å². The smallest absolute Gasteiger partial charge is 0.160 e. The molecule has 0 spiro atoms. The van der Waals surface area contributed by atoms with Crippen LogP contribution in [0, 0.1) is 0 Å². The molecule has 0 aliphatic rings. The molecule has 0 amide bonds. The highest BCUT2D eigenvalue weighted by Gasteiger charge is 2.13. The van der Waals surface area contributed by atoms with Crippen molar-refractivity contribution in [1.82, 2.24) is 15.0 Å². The lowest BCUT2D eigenvalue weighted by Gasteiger charge is -2.12. The number of pyridine rings is 1. The van der Waals surface area contributed by atoms with E-state index >= 15 is 0 Å². The number of nitrogens with zero attached hydrogens (tertiary/aromatic N) is 3. The van der Waals surface area contributed by atoms with Crippen LogP contribution in [0.2, 0.25) is 0 Å². The van der Waals surface area contributed by atoms with Crippen molar-refractivity contribution in [2.24, 2.45) is 0 Å². The van der Waals surface area contributed by atoms with Gasteiger partial charge in [-0.15, -0.1) is 0 Å². The van der Waals surface area contributed by atoms with E-state index < -0.39 is 0 Å². The molecular formula is C63H43N3. The average Bonchev–Trinajstić information content (AvgIpc) is 3.42. The monoisotopic (exact) mass is 841 g/mol. The molecule has 3 nitrogen and oxygen atoms in total. The third kappa shape index (κ3) is 8.62. The summed E-state index contributed by atoms with van der Waals surface area (Å²) in [5.74, 6) is 0.714. The van der Waals surface area contributed by atoms with Crippen LogP contribution in [0.15, 0.2) is 261 Å². The molecule has 0 saturated carbocycles. The molecule has 310 valence electrons. The molecule has 0 N–H and O–H groups in total. The van der Waals surface area contributed by atoms with Gasteiger partial charge in [0, 0.05) is 27.8 Å². The van der Waals surface area contributed by atoms with Crippen molar-refractivity contribution in [3.05, 3.63) is 261 Å². The van der Waals surface area contributed by atoms with Gasteiger partial charge >= 0.3 is 0 Å². The predicted octanol–water partition coefficient (Wildman–Crippen LogP) is 16.5. The maximum atomic E-state index is 5.07. The fourth-order valence-electron chi connectivity index (χ4n) is 8.58. The second kappa shape index (κ2) is 18.1. The van der Waals surface area contributed by atoms with Crippen molar-refractivity contribution < 1.29 is 0 Å². The van der Waals surface area contributed by atoms with E-state index in [0.717, 1.165) is 72.8 Å². The number of hydrogen-bond acceptors (Lipinski definition) is 3. The van der Waals surface area contributed by atoms with Crippen LogP contribution in [-0.4, -0.2) is 15.0 Å². The van der Waals surface area contributed by atoms with Crippen LogP contribution in [0.1, 0.15) is 0 Å². The van der Waals surface area contributed by atoms with E-state index in [0.29, 0.717) is 5.82 Å². The molecule has 0 aliphatic heterocycles. The van der Waals surface area contributed by atoms with Gasteiger partial charge in [0.25, 0.3) is 0 Å². The summed E-state index contributed by atoms with van der Waals surface area (Å²) < 4.78 is 0. The van der Waals surface area contributed by atoms with Crippen molar-refractivity contribution in [3.63, 3.8) is 0 Å². The first-order valence-electron chi connectivity index (χ1n) is 22.3. The number of benzene rings is 9. The van der Waals surface area contributed by atoms with Gasteiger partial charge in [0.05, 0.1) is 22.8 Å². The molecular weight excluding hydrogens is 799 g/mol. The van der Waals surface area contributed by atoms with E-state index in [1.165, 1.54) is 33.4 Å². The highest BCUT2D eigenvalue weighted by molar-refractivity contribution is 5.81. The van der Waals surface area contributed by atoms with Crippen LogP contribution in [0.5, 0.6) is 0 Å². The summed E-state index contributed by atoms with van der Waals surface area (Å²) in [5, 5.41) is 0. The summed E-state index contributed by atoms with van der Waals surface area (Å²) in [6.45, 7) is 0. The summed E-state index contributed by atoms with van der Waals surface area (Å²) in [5.41, 5.74) is 20.7. The number of rotatable bonds is 10. The normalized spacial score (nSPS) is 11.0. The Kier molecular flexibility index (Phi) is 11.0. The Morgan fingerprint density at radius 1 is 0.152 bits per heavy atom. The maximum absolute atomic E-state index is 5.07. The fraction of sp³-hybridized carbons (Fsp3) is 0. The molecule has 0 atom stereocenters. The largest absolute Gasteiger partial charge is 0.248 e. The minimum atomic E-state index is 0.714. The second-order valence-corrected chi connectivity index (χ2v) is 16.4. The quantitative estimate of drug-likeness (QED) is 0.138. The van der Waals surface area contributed by atoms with Crippen LogP contribution in [0.3, 0.4) is 0 Å². The van der Waals surface area contributed by atoms with Crippen molar-refractivity contribution in [3.8, 4) is 112 Å². The van der Waals surface area contributed by atoms with E-state index in [1.54, 1.807) is 0 Å². The Bertz CT molecular complexity index is 3060. The maximum Gasteiger partial charge on any atom is 0.160 e. The Balaban J connectivity index is 0.819. The molecule has 0 radical (unpaired) electrons. The molecule has 0 unspecified atom stereocenters. The summed E-state index contributed by atoms with van der Waals surface area (Å²) in [6.07, 6.45) is 0. The van der Waals surface area contributed by atoms with Gasteiger partial charge in [0.2, 0.25) is 0 Å². The predicted molar refractivity (Wildman–Crippen MR) is 274 cm³/mol. The lowest BCUT2D eigenvalue weighted by atomic mass is 9.94. The molecule has 66 heavy (non-hydrogen) atoms. The van der Waals surface area contributed by atoms with Gasteiger partial charge < -0.3 is 0 Å². The average molecular weight is 842 g/mol. The van der Waals surface area contributed by atoms with E-state index in [9.17, 15) is 0 Å². The highest BCUT2D eigenvalue weighted by atomic mass is 14.9. The summed E-state index contributed by atoms with van der Waals surface area (Å²) in [6, 6.07) is 91.9. The van der Waals surface area contributed by atoms with Crippen LogP contribution in [0.4, 0.5) is 0 Å². The molecule has 2 aromatic heterocycles. The van der Waals surface area contributed by atoms with Crippen molar-refractivity contribution in [2.75, 3.05) is 0 Å². The number of hydrogen-bond donors (Lipinski definition) is 0. The van der Waals surface area contributed by atoms with Crippen LogP contribution in [-0.2, 0) is 0 Å². The van der Waals surface area contributed by atoms with Crippen molar-refractivity contribution in [1.29, 1.82) is 0 Å². The van der Waals surface area contributed by atoms with E-state index in [4.69, 9.17) is 15.0 Å². The zero-order valence-corrected chi connectivity index (χ0v) is 36.2. The van der Waals surface area contributed by atoms with Crippen LogP contribution >= 0.6 is 0 Å². The highest BCUT2D eigenvalue weighted by Crippen LogP contribution is 2.35. The zero-order valence-electron chi connectivity index (χ0n) is 36.2. The van der Waals surface area contributed by atoms with Crippen molar-refractivity contribution >= 4 is 0 Å². The van der Waals surface area contributed by atoms with E-state index in [2.05, 4.69) is 212 Å². The zero-order chi connectivity index (χ0) is 44.1. The summed E-state index contributed by atoms with van der Waals surface area (Å²) >= 11 is 0. The van der Waals surface area contributed by atoms with Gasteiger partial charge in [-0.2, -0.15) is 0 Å². The first-order chi connectivity index (χ1) is 32.7. The first-order valence-corrected chi connectivity index (χ1v) is 22.3. The molecule has 11 rings (SSSR count). The topological polar surface area (TPSA) is 38.7 Å².